The van der Waals surface area contributed by atoms with E-state index in [0.717, 1.165) is 44.9 Å². The molecular weight excluding hydrogens is 388 g/mol. The van der Waals surface area contributed by atoms with Crippen LogP contribution in [0.1, 0.15) is 149 Å². The van der Waals surface area contributed by atoms with E-state index in [1.807, 2.05) is 0 Å². The lowest BCUT2D eigenvalue weighted by Gasteiger charge is -2.06. The summed E-state index contributed by atoms with van der Waals surface area (Å²) in [5, 5.41) is 0. The second kappa shape index (κ2) is 25.2. The van der Waals surface area contributed by atoms with Crippen molar-refractivity contribution in [3.63, 3.8) is 0 Å². The predicted octanol–water partition coefficient (Wildman–Crippen LogP) is 8.30. The van der Waals surface area contributed by atoms with E-state index in [1.54, 1.807) is 0 Å². The van der Waals surface area contributed by atoms with Crippen LogP contribution in [-0.2, 0) is 19.1 Å². The highest BCUT2D eigenvalue weighted by Crippen LogP contribution is 2.10. The first kappa shape index (κ1) is 29.9. The van der Waals surface area contributed by atoms with Gasteiger partial charge in [0.15, 0.2) is 0 Å². The summed E-state index contributed by atoms with van der Waals surface area (Å²) in [5.41, 5.74) is 0. The topological polar surface area (TPSA) is 52.6 Å². The highest BCUT2D eigenvalue weighted by molar-refractivity contribution is 5.69. The van der Waals surface area contributed by atoms with Crippen LogP contribution in [0.3, 0.4) is 0 Å². The van der Waals surface area contributed by atoms with E-state index in [2.05, 4.69) is 13.8 Å². The number of ether oxygens (including phenoxy) is 2. The van der Waals surface area contributed by atoms with E-state index in [-0.39, 0.29) is 11.9 Å². The van der Waals surface area contributed by atoms with Gasteiger partial charge in [0, 0.05) is 12.8 Å². The van der Waals surface area contributed by atoms with Crippen LogP contribution in [-0.4, -0.2) is 25.2 Å². The molecule has 0 heterocycles. The number of esters is 2. The smallest absolute Gasteiger partial charge is 0.305 e. The molecular formula is C27H52O4. The maximum absolute atomic E-state index is 11.7. The number of hydrogen-bond donors (Lipinski definition) is 0. The molecule has 0 saturated heterocycles. The molecule has 0 amide bonds. The number of carbonyl (C=O) groups excluding carboxylic acids is 2. The Morgan fingerprint density at radius 2 is 0.710 bits per heavy atom. The summed E-state index contributed by atoms with van der Waals surface area (Å²) in [6, 6.07) is 0. The van der Waals surface area contributed by atoms with Crippen molar-refractivity contribution in [1.29, 1.82) is 0 Å². The average molecular weight is 441 g/mol. The monoisotopic (exact) mass is 440 g/mol. The van der Waals surface area contributed by atoms with Crippen molar-refractivity contribution in [3.05, 3.63) is 0 Å². The highest BCUT2D eigenvalue weighted by Gasteiger charge is 2.05. The standard InChI is InChI=1S/C27H52O4/c1-3-5-7-9-11-13-15-20-24-30-26(28)22-18-17-19-23-27(29)31-25-21-16-14-12-10-8-6-4-2/h3-25H2,1-2H3. The Morgan fingerprint density at radius 1 is 0.419 bits per heavy atom. The Labute approximate surface area is 193 Å². The minimum absolute atomic E-state index is 0.0970. The van der Waals surface area contributed by atoms with Gasteiger partial charge in [-0.2, -0.15) is 0 Å². The van der Waals surface area contributed by atoms with Gasteiger partial charge in [-0.25, -0.2) is 0 Å². The number of unbranched alkanes of at least 4 members (excludes halogenated alkanes) is 16. The van der Waals surface area contributed by atoms with Gasteiger partial charge >= 0.3 is 11.9 Å². The molecule has 0 aromatic heterocycles. The molecule has 0 unspecified atom stereocenters. The molecule has 0 saturated carbocycles. The summed E-state index contributed by atoms with van der Waals surface area (Å²) in [6.45, 7) is 5.58. The van der Waals surface area contributed by atoms with Crippen molar-refractivity contribution in [3.8, 4) is 0 Å². The lowest BCUT2D eigenvalue weighted by molar-refractivity contribution is -0.144. The molecule has 31 heavy (non-hydrogen) atoms. The fraction of sp³-hybridized carbons (Fsp3) is 0.926. The summed E-state index contributed by atoms with van der Waals surface area (Å²) in [5.74, 6) is -0.194. The van der Waals surface area contributed by atoms with Crippen molar-refractivity contribution < 1.29 is 19.1 Å². The largest absolute Gasteiger partial charge is 0.466 e. The van der Waals surface area contributed by atoms with E-state index in [4.69, 9.17) is 9.47 Å². The zero-order valence-corrected chi connectivity index (χ0v) is 20.9. The minimum atomic E-state index is -0.0970. The third kappa shape index (κ3) is 25.1. The molecule has 0 aliphatic carbocycles. The maximum atomic E-state index is 11.7. The lowest BCUT2D eigenvalue weighted by Crippen LogP contribution is -2.07. The number of hydrogen-bond acceptors (Lipinski definition) is 4. The third-order valence-corrected chi connectivity index (χ3v) is 5.78. The van der Waals surface area contributed by atoms with E-state index >= 15 is 0 Å². The first-order valence-corrected chi connectivity index (χ1v) is 13.5. The molecule has 0 bridgehead atoms. The molecule has 0 radical (unpaired) electrons. The molecule has 0 aliphatic heterocycles. The first-order chi connectivity index (χ1) is 15.2. The second-order valence-electron chi connectivity index (χ2n) is 8.95. The second-order valence-corrected chi connectivity index (χ2v) is 8.95. The summed E-state index contributed by atoms with van der Waals surface area (Å²) >= 11 is 0. The lowest BCUT2D eigenvalue weighted by atomic mass is 10.1. The zero-order valence-electron chi connectivity index (χ0n) is 20.9. The SMILES string of the molecule is CCCCCCCCCCOC(=O)CCCCCC(=O)OCCCCCCCCCC. The molecule has 4 heteroatoms. The first-order valence-electron chi connectivity index (χ1n) is 13.5. The van der Waals surface area contributed by atoms with Crippen molar-refractivity contribution in [2.45, 2.75) is 149 Å². The predicted molar refractivity (Wildman–Crippen MR) is 130 cm³/mol. The summed E-state index contributed by atoms with van der Waals surface area (Å²) in [7, 11) is 0. The fourth-order valence-electron chi connectivity index (χ4n) is 3.70. The molecule has 0 atom stereocenters. The van der Waals surface area contributed by atoms with Gasteiger partial charge in [-0.3, -0.25) is 9.59 Å². The molecule has 4 nitrogen and oxygen atoms in total. The van der Waals surface area contributed by atoms with Gasteiger partial charge in [0.2, 0.25) is 0 Å². The number of rotatable bonds is 24. The van der Waals surface area contributed by atoms with Gasteiger partial charge in [-0.15, -0.1) is 0 Å². The molecule has 0 rings (SSSR count). The Balaban J connectivity index is 3.28. The summed E-state index contributed by atoms with van der Waals surface area (Å²) < 4.78 is 10.6. The Morgan fingerprint density at radius 3 is 1.06 bits per heavy atom. The van der Waals surface area contributed by atoms with Crippen LogP contribution >= 0.6 is 0 Å². The van der Waals surface area contributed by atoms with E-state index < -0.39 is 0 Å². The molecule has 0 N–H and O–H groups in total. The van der Waals surface area contributed by atoms with Crippen LogP contribution in [0.25, 0.3) is 0 Å². The van der Waals surface area contributed by atoms with Gasteiger partial charge in [0.25, 0.3) is 0 Å². The van der Waals surface area contributed by atoms with Crippen LogP contribution in [0.4, 0.5) is 0 Å². The van der Waals surface area contributed by atoms with E-state index in [9.17, 15) is 9.59 Å². The third-order valence-electron chi connectivity index (χ3n) is 5.78. The quantitative estimate of drug-likeness (QED) is 0.112. The van der Waals surface area contributed by atoms with Crippen LogP contribution in [0, 0.1) is 0 Å². The molecule has 0 aliphatic rings. The van der Waals surface area contributed by atoms with Gasteiger partial charge in [-0.05, 0) is 25.7 Å². The molecule has 0 spiro atoms. The molecule has 0 aromatic rings. The fourth-order valence-corrected chi connectivity index (χ4v) is 3.70. The minimum Gasteiger partial charge on any atom is -0.466 e. The number of carbonyl (C=O) groups is 2. The molecule has 0 fully saturated rings. The highest BCUT2D eigenvalue weighted by atomic mass is 16.5. The van der Waals surface area contributed by atoms with Crippen molar-refractivity contribution in [2.24, 2.45) is 0 Å². The van der Waals surface area contributed by atoms with E-state index in [0.29, 0.717) is 26.1 Å². The van der Waals surface area contributed by atoms with Crippen LogP contribution < -0.4 is 0 Å². The van der Waals surface area contributed by atoms with Gasteiger partial charge in [0.05, 0.1) is 13.2 Å². The van der Waals surface area contributed by atoms with Crippen LogP contribution in [0.5, 0.6) is 0 Å². The van der Waals surface area contributed by atoms with Crippen molar-refractivity contribution in [1.82, 2.24) is 0 Å². The van der Waals surface area contributed by atoms with Gasteiger partial charge in [0.1, 0.15) is 0 Å². The van der Waals surface area contributed by atoms with Gasteiger partial charge in [-0.1, -0.05) is 110 Å². The van der Waals surface area contributed by atoms with E-state index in [1.165, 1.54) is 77.0 Å². The Hall–Kier alpha value is -1.06. The maximum Gasteiger partial charge on any atom is 0.305 e. The molecule has 184 valence electrons. The average Bonchev–Trinajstić information content (AvgIpc) is 2.76. The van der Waals surface area contributed by atoms with Crippen molar-refractivity contribution >= 4 is 11.9 Å². The normalized spacial score (nSPS) is 10.9. The van der Waals surface area contributed by atoms with Crippen molar-refractivity contribution in [2.75, 3.05) is 13.2 Å². The molecule has 0 aromatic carbocycles. The Kier molecular flexibility index (Phi) is 24.3. The summed E-state index contributed by atoms with van der Waals surface area (Å²) in [6.07, 6.45) is 23.4. The van der Waals surface area contributed by atoms with Crippen LogP contribution in [0.15, 0.2) is 0 Å². The van der Waals surface area contributed by atoms with Gasteiger partial charge < -0.3 is 9.47 Å². The summed E-state index contributed by atoms with van der Waals surface area (Å²) in [4.78, 5) is 23.5. The zero-order chi connectivity index (χ0) is 22.8. The Bertz CT molecular complexity index is 359. The van der Waals surface area contributed by atoms with Crippen LogP contribution in [0.2, 0.25) is 0 Å².